The Bertz CT molecular complexity index is 1040. The van der Waals surface area contributed by atoms with Crippen LogP contribution in [-0.4, -0.2) is 28.6 Å². The number of anilines is 1. The summed E-state index contributed by atoms with van der Waals surface area (Å²) in [5, 5.41) is 8.91. The molecule has 2 amide bonds. The average Bonchev–Trinajstić information content (AvgIpc) is 3.14. The van der Waals surface area contributed by atoms with E-state index in [1.165, 1.54) is 55.6 Å². The second-order valence-corrected chi connectivity index (χ2v) is 6.34. The molecule has 2 aromatic carbocycles. The number of hydrogen-bond donors (Lipinski definition) is 2. The second kappa shape index (κ2) is 7.96. The number of benzene rings is 2. The van der Waals surface area contributed by atoms with Gasteiger partial charge in [-0.3, -0.25) is 9.59 Å². The van der Waals surface area contributed by atoms with Gasteiger partial charge in [0.25, 0.3) is 11.8 Å². The number of carbonyl (C=O) groups is 2. The number of alkyl halides is 3. The van der Waals surface area contributed by atoms with Crippen molar-refractivity contribution in [1.29, 1.82) is 0 Å². The summed E-state index contributed by atoms with van der Waals surface area (Å²) >= 11 is 5.77. The van der Waals surface area contributed by atoms with Gasteiger partial charge in [-0.25, -0.2) is 4.68 Å². The van der Waals surface area contributed by atoms with Crippen LogP contribution in [0.25, 0.3) is 5.69 Å². The van der Waals surface area contributed by atoms with Gasteiger partial charge in [0.2, 0.25) is 0 Å². The van der Waals surface area contributed by atoms with Crippen LogP contribution in [0.15, 0.2) is 54.7 Å². The number of halogens is 4. The summed E-state index contributed by atoms with van der Waals surface area (Å²) in [6.45, 7) is 0. The minimum Gasteiger partial charge on any atom is -0.355 e. The monoisotopic (exact) mass is 422 g/mol. The molecule has 0 fully saturated rings. The molecule has 0 aliphatic heterocycles. The number of amides is 2. The molecule has 0 saturated heterocycles. The lowest BCUT2D eigenvalue weighted by molar-refractivity contribution is -0.143. The lowest BCUT2D eigenvalue weighted by atomic mass is 10.1. The van der Waals surface area contributed by atoms with E-state index in [0.717, 1.165) is 6.20 Å². The highest BCUT2D eigenvalue weighted by atomic mass is 35.5. The molecule has 0 radical (unpaired) electrons. The smallest absolute Gasteiger partial charge is 0.355 e. The van der Waals surface area contributed by atoms with E-state index in [4.69, 9.17) is 11.6 Å². The van der Waals surface area contributed by atoms with Crippen LogP contribution in [-0.2, 0) is 6.18 Å². The quantitative estimate of drug-likeness (QED) is 0.663. The predicted octanol–water partition coefficient (Wildman–Crippen LogP) is 4.16. The first-order valence-electron chi connectivity index (χ1n) is 8.25. The highest BCUT2D eigenvalue weighted by Gasteiger charge is 2.40. The van der Waals surface area contributed by atoms with Crippen molar-refractivity contribution >= 4 is 29.1 Å². The van der Waals surface area contributed by atoms with Crippen molar-refractivity contribution in [3.8, 4) is 5.69 Å². The summed E-state index contributed by atoms with van der Waals surface area (Å²) in [6, 6.07) is 11.3. The molecule has 0 aliphatic carbocycles. The maximum Gasteiger partial charge on any atom is 0.434 e. The van der Waals surface area contributed by atoms with E-state index in [-0.39, 0.29) is 17.3 Å². The first-order valence-corrected chi connectivity index (χ1v) is 8.63. The van der Waals surface area contributed by atoms with Gasteiger partial charge < -0.3 is 10.6 Å². The normalized spacial score (nSPS) is 11.2. The van der Waals surface area contributed by atoms with E-state index >= 15 is 0 Å². The molecule has 6 nitrogen and oxygen atoms in total. The van der Waals surface area contributed by atoms with E-state index in [0.29, 0.717) is 15.3 Å². The number of carbonyl (C=O) groups excluding carboxylic acids is 2. The standard InChI is InChI=1S/C19H14ClF3N4O2/c1-24-17(28)11-2-6-13(7-3-11)26-18(29)15-10-25-27(16(15)19(21,22)23)14-8-4-12(20)5-9-14/h2-10H,1H3,(H,24,28)(H,26,29). The van der Waals surface area contributed by atoms with Gasteiger partial charge in [-0.2, -0.15) is 18.3 Å². The maximum absolute atomic E-state index is 13.7. The van der Waals surface area contributed by atoms with Gasteiger partial charge in [-0.1, -0.05) is 11.6 Å². The van der Waals surface area contributed by atoms with Crippen molar-refractivity contribution in [2.75, 3.05) is 12.4 Å². The van der Waals surface area contributed by atoms with Crippen LogP contribution >= 0.6 is 11.6 Å². The molecular formula is C19H14ClF3N4O2. The molecule has 3 rings (SSSR count). The molecule has 150 valence electrons. The van der Waals surface area contributed by atoms with Crippen molar-refractivity contribution in [2.24, 2.45) is 0 Å². The van der Waals surface area contributed by atoms with Crippen LogP contribution in [0.2, 0.25) is 5.02 Å². The lowest BCUT2D eigenvalue weighted by Crippen LogP contribution is -2.21. The molecule has 0 atom stereocenters. The molecule has 1 aromatic heterocycles. The molecule has 2 N–H and O–H groups in total. The average molecular weight is 423 g/mol. The van der Waals surface area contributed by atoms with Gasteiger partial charge in [-0.05, 0) is 48.5 Å². The third-order valence-electron chi connectivity index (χ3n) is 3.99. The molecule has 0 saturated carbocycles. The largest absolute Gasteiger partial charge is 0.434 e. The van der Waals surface area contributed by atoms with Crippen molar-refractivity contribution in [2.45, 2.75) is 6.18 Å². The zero-order valence-corrected chi connectivity index (χ0v) is 15.7. The molecule has 3 aromatic rings. The summed E-state index contributed by atoms with van der Waals surface area (Å²) in [5.74, 6) is -1.31. The third-order valence-corrected chi connectivity index (χ3v) is 4.24. The van der Waals surface area contributed by atoms with Crippen LogP contribution in [0.3, 0.4) is 0 Å². The molecular weight excluding hydrogens is 409 g/mol. The minimum atomic E-state index is -4.83. The van der Waals surface area contributed by atoms with E-state index in [1.807, 2.05) is 0 Å². The molecule has 0 aliphatic rings. The second-order valence-electron chi connectivity index (χ2n) is 5.90. The summed E-state index contributed by atoms with van der Waals surface area (Å²) in [4.78, 5) is 24.0. The predicted molar refractivity (Wildman–Crippen MR) is 101 cm³/mol. The number of rotatable bonds is 4. The van der Waals surface area contributed by atoms with Crippen LogP contribution in [0.1, 0.15) is 26.4 Å². The zero-order valence-electron chi connectivity index (χ0n) is 14.9. The fraction of sp³-hybridized carbons (Fsp3) is 0.105. The van der Waals surface area contributed by atoms with Crippen molar-refractivity contribution in [1.82, 2.24) is 15.1 Å². The Balaban J connectivity index is 1.93. The SMILES string of the molecule is CNC(=O)c1ccc(NC(=O)c2cnn(-c3ccc(Cl)cc3)c2C(F)(F)F)cc1. The number of hydrogen-bond acceptors (Lipinski definition) is 3. The summed E-state index contributed by atoms with van der Waals surface area (Å²) in [7, 11) is 1.47. The van der Waals surface area contributed by atoms with Crippen LogP contribution in [0, 0.1) is 0 Å². The van der Waals surface area contributed by atoms with Crippen molar-refractivity contribution in [3.63, 3.8) is 0 Å². The van der Waals surface area contributed by atoms with E-state index < -0.39 is 23.3 Å². The summed E-state index contributed by atoms with van der Waals surface area (Å²) < 4.78 is 41.7. The molecule has 29 heavy (non-hydrogen) atoms. The molecule has 0 spiro atoms. The Kier molecular flexibility index (Phi) is 5.60. The number of nitrogens with one attached hydrogen (secondary N) is 2. The highest BCUT2D eigenvalue weighted by Crippen LogP contribution is 2.34. The Labute approximate surface area is 168 Å². The molecule has 0 unspecified atom stereocenters. The minimum absolute atomic E-state index is 0.107. The topological polar surface area (TPSA) is 76.0 Å². The van der Waals surface area contributed by atoms with Crippen molar-refractivity contribution < 1.29 is 22.8 Å². The zero-order chi connectivity index (χ0) is 21.2. The van der Waals surface area contributed by atoms with Gasteiger partial charge in [0.1, 0.15) is 0 Å². The number of aromatic nitrogens is 2. The number of nitrogens with zero attached hydrogens (tertiary/aromatic N) is 2. The van der Waals surface area contributed by atoms with E-state index in [2.05, 4.69) is 15.7 Å². The van der Waals surface area contributed by atoms with Crippen molar-refractivity contribution in [3.05, 3.63) is 76.6 Å². The Morgan fingerprint density at radius 1 is 1.00 bits per heavy atom. The summed E-state index contributed by atoms with van der Waals surface area (Å²) in [6.07, 6.45) is -3.97. The van der Waals surface area contributed by atoms with Crippen LogP contribution < -0.4 is 10.6 Å². The molecule has 1 heterocycles. The summed E-state index contributed by atoms with van der Waals surface area (Å²) in [5.41, 5.74) is -1.16. The highest BCUT2D eigenvalue weighted by molar-refractivity contribution is 6.30. The lowest BCUT2D eigenvalue weighted by Gasteiger charge is -2.13. The Morgan fingerprint density at radius 3 is 2.17 bits per heavy atom. The van der Waals surface area contributed by atoms with E-state index in [9.17, 15) is 22.8 Å². The molecule has 10 heteroatoms. The van der Waals surface area contributed by atoms with Gasteiger partial charge in [-0.15, -0.1) is 0 Å². The fourth-order valence-corrected chi connectivity index (χ4v) is 2.74. The molecule has 0 bridgehead atoms. The van der Waals surface area contributed by atoms with Gasteiger partial charge >= 0.3 is 6.18 Å². The first kappa shape index (κ1) is 20.4. The van der Waals surface area contributed by atoms with Gasteiger partial charge in [0.05, 0.1) is 17.4 Å². The van der Waals surface area contributed by atoms with Gasteiger partial charge in [0.15, 0.2) is 5.69 Å². The van der Waals surface area contributed by atoms with E-state index in [1.54, 1.807) is 0 Å². The fourth-order valence-electron chi connectivity index (χ4n) is 2.61. The van der Waals surface area contributed by atoms with Crippen LogP contribution in [0.4, 0.5) is 18.9 Å². The first-order chi connectivity index (χ1) is 13.7. The Morgan fingerprint density at radius 2 is 1.62 bits per heavy atom. The maximum atomic E-state index is 13.7. The third kappa shape index (κ3) is 4.40. The van der Waals surface area contributed by atoms with Gasteiger partial charge in [0, 0.05) is 23.3 Å². The Hall–Kier alpha value is -3.33. The van der Waals surface area contributed by atoms with Crippen LogP contribution in [0.5, 0.6) is 0 Å².